The lowest BCUT2D eigenvalue weighted by molar-refractivity contribution is -0.123. The number of pyridine rings is 2. The van der Waals surface area contributed by atoms with Gasteiger partial charge in [-0.15, -0.1) is 0 Å². The number of hydrogen-bond donors (Lipinski definition) is 1. The highest BCUT2D eigenvalue weighted by atomic mass is 16.5. The molecule has 0 unspecified atom stereocenters. The zero-order valence-electron chi connectivity index (χ0n) is 14.5. The van der Waals surface area contributed by atoms with E-state index in [4.69, 9.17) is 4.74 Å². The van der Waals surface area contributed by atoms with E-state index in [2.05, 4.69) is 15.3 Å². The number of amides is 1. The van der Waals surface area contributed by atoms with Crippen LogP contribution >= 0.6 is 0 Å². The molecule has 0 fully saturated rings. The monoisotopic (exact) mass is 335 g/mol. The van der Waals surface area contributed by atoms with Gasteiger partial charge >= 0.3 is 0 Å². The van der Waals surface area contributed by atoms with Crippen molar-refractivity contribution >= 4 is 16.8 Å². The van der Waals surface area contributed by atoms with Crippen LogP contribution in [0.3, 0.4) is 0 Å². The number of fused-ring (bicyclic) bond motifs is 1. The number of nitrogens with one attached hydrogen (secondary N) is 1. The van der Waals surface area contributed by atoms with Gasteiger partial charge in [0.05, 0.1) is 5.52 Å². The number of nitrogens with zero attached hydrogens (tertiary/aromatic N) is 2. The topological polar surface area (TPSA) is 64.1 Å². The summed E-state index contributed by atoms with van der Waals surface area (Å²) >= 11 is 0. The summed E-state index contributed by atoms with van der Waals surface area (Å²) in [5.41, 5.74) is 4.01. The second-order valence-corrected chi connectivity index (χ2v) is 5.98. The van der Waals surface area contributed by atoms with Crippen LogP contribution in [0.2, 0.25) is 0 Å². The van der Waals surface area contributed by atoms with Gasteiger partial charge in [-0.2, -0.15) is 0 Å². The van der Waals surface area contributed by atoms with Gasteiger partial charge in [-0.3, -0.25) is 14.8 Å². The standard InChI is InChI=1S/C20H21N3O2/c1-14-4-3-5-17-18(12-15(2)23-20(14)17)25-13-19(24)22-11-8-16-6-9-21-10-7-16/h3-7,9-10,12H,8,11,13H2,1-2H3,(H,22,24). The molecule has 0 aliphatic heterocycles. The van der Waals surface area contributed by atoms with Crippen molar-refractivity contribution in [3.8, 4) is 5.75 Å². The number of benzene rings is 1. The molecule has 1 N–H and O–H groups in total. The van der Waals surface area contributed by atoms with Gasteiger partial charge in [-0.25, -0.2) is 0 Å². The molecular weight excluding hydrogens is 314 g/mol. The third-order valence-electron chi connectivity index (χ3n) is 3.98. The van der Waals surface area contributed by atoms with Gasteiger partial charge in [-0.05, 0) is 49.6 Å². The molecule has 1 aromatic carbocycles. The molecule has 2 aromatic heterocycles. The predicted octanol–water partition coefficient (Wildman–Crippen LogP) is 2.98. The molecule has 2 heterocycles. The molecule has 0 aliphatic rings. The van der Waals surface area contributed by atoms with Crippen molar-refractivity contribution in [1.82, 2.24) is 15.3 Å². The van der Waals surface area contributed by atoms with Crippen LogP contribution in [0, 0.1) is 13.8 Å². The molecule has 0 saturated heterocycles. The fourth-order valence-electron chi connectivity index (χ4n) is 2.69. The number of aryl methyl sites for hydroxylation is 2. The fourth-order valence-corrected chi connectivity index (χ4v) is 2.69. The van der Waals surface area contributed by atoms with Crippen LogP contribution in [0.25, 0.3) is 10.9 Å². The van der Waals surface area contributed by atoms with Gasteiger partial charge < -0.3 is 10.1 Å². The molecule has 0 spiro atoms. The summed E-state index contributed by atoms with van der Waals surface area (Å²) < 4.78 is 5.76. The summed E-state index contributed by atoms with van der Waals surface area (Å²) in [7, 11) is 0. The summed E-state index contributed by atoms with van der Waals surface area (Å²) in [6.45, 7) is 4.50. The molecule has 3 rings (SSSR count). The summed E-state index contributed by atoms with van der Waals surface area (Å²) in [4.78, 5) is 20.6. The largest absolute Gasteiger partial charge is 0.483 e. The van der Waals surface area contributed by atoms with Crippen LogP contribution in [0.5, 0.6) is 5.75 Å². The lowest BCUT2D eigenvalue weighted by Crippen LogP contribution is -2.30. The van der Waals surface area contributed by atoms with Gasteiger partial charge in [-0.1, -0.05) is 12.1 Å². The molecule has 0 bridgehead atoms. The number of ether oxygens (including phenoxy) is 1. The molecule has 0 aliphatic carbocycles. The van der Waals surface area contributed by atoms with Gasteiger partial charge in [0.1, 0.15) is 5.75 Å². The van der Waals surface area contributed by atoms with E-state index in [1.165, 1.54) is 0 Å². The van der Waals surface area contributed by atoms with Crippen molar-refractivity contribution in [2.45, 2.75) is 20.3 Å². The number of rotatable bonds is 6. The van der Waals surface area contributed by atoms with Crippen molar-refractivity contribution in [2.24, 2.45) is 0 Å². The average Bonchev–Trinajstić information content (AvgIpc) is 2.61. The number of aromatic nitrogens is 2. The minimum absolute atomic E-state index is 0.0111. The highest BCUT2D eigenvalue weighted by molar-refractivity contribution is 5.88. The Morgan fingerprint density at radius 1 is 1.16 bits per heavy atom. The normalized spacial score (nSPS) is 10.6. The van der Waals surface area contributed by atoms with Gasteiger partial charge in [0.2, 0.25) is 0 Å². The Hall–Kier alpha value is -2.95. The lowest BCUT2D eigenvalue weighted by atomic mass is 10.1. The van der Waals surface area contributed by atoms with E-state index in [1.54, 1.807) is 12.4 Å². The Bertz CT molecular complexity index is 879. The molecule has 0 radical (unpaired) electrons. The summed E-state index contributed by atoms with van der Waals surface area (Å²) in [6, 6.07) is 11.7. The maximum Gasteiger partial charge on any atom is 0.257 e. The number of carbonyl (C=O) groups is 1. The molecule has 5 heteroatoms. The van der Waals surface area contributed by atoms with Crippen molar-refractivity contribution in [3.05, 3.63) is 65.6 Å². The van der Waals surface area contributed by atoms with E-state index in [-0.39, 0.29) is 12.5 Å². The molecule has 1 amide bonds. The molecule has 25 heavy (non-hydrogen) atoms. The maximum atomic E-state index is 12.0. The fraction of sp³-hybridized carbons (Fsp3) is 0.250. The molecule has 0 saturated carbocycles. The van der Waals surface area contributed by atoms with Crippen molar-refractivity contribution < 1.29 is 9.53 Å². The zero-order chi connectivity index (χ0) is 17.6. The van der Waals surface area contributed by atoms with Crippen LogP contribution in [-0.2, 0) is 11.2 Å². The van der Waals surface area contributed by atoms with Gasteiger partial charge in [0.25, 0.3) is 5.91 Å². The SMILES string of the molecule is Cc1cc(OCC(=O)NCCc2ccncc2)c2cccc(C)c2n1. The third-order valence-corrected chi connectivity index (χ3v) is 3.98. The van der Waals surface area contributed by atoms with Crippen molar-refractivity contribution in [1.29, 1.82) is 0 Å². The Labute approximate surface area is 147 Å². The number of para-hydroxylation sites is 1. The first-order chi connectivity index (χ1) is 12.1. The zero-order valence-corrected chi connectivity index (χ0v) is 14.5. The molecular formula is C20H21N3O2. The molecule has 5 nitrogen and oxygen atoms in total. The van der Waals surface area contributed by atoms with Crippen LogP contribution in [0.1, 0.15) is 16.8 Å². The summed E-state index contributed by atoms with van der Waals surface area (Å²) in [6.07, 6.45) is 4.27. The van der Waals surface area contributed by atoms with Crippen LogP contribution in [0.4, 0.5) is 0 Å². The van der Waals surface area contributed by atoms with E-state index < -0.39 is 0 Å². The van der Waals surface area contributed by atoms with E-state index >= 15 is 0 Å². The van der Waals surface area contributed by atoms with E-state index in [0.717, 1.165) is 34.1 Å². The van der Waals surface area contributed by atoms with Crippen LogP contribution in [-0.4, -0.2) is 29.0 Å². The lowest BCUT2D eigenvalue weighted by Gasteiger charge is -2.11. The Balaban J connectivity index is 1.59. The smallest absolute Gasteiger partial charge is 0.257 e. The first-order valence-corrected chi connectivity index (χ1v) is 8.29. The summed E-state index contributed by atoms with van der Waals surface area (Å²) in [5, 5.41) is 3.80. The highest BCUT2D eigenvalue weighted by Gasteiger charge is 2.09. The first kappa shape index (κ1) is 16.9. The quantitative estimate of drug-likeness (QED) is 0.752. The molecule has 3 aromatic rings. The molecule has 0 atom stereocenters. The van der Waals surface area contributed by atoms with E-state index in [9.17, 15) is 4.79 Å². The summed E-state index contributed by atoms with van der Waals surface area (Å²) in [5.74, 6) is 0.555. The van der Waals surface area contributed by atoms with Gasteiger partial charge in [0.15, 0.2) is 6.61 Å². The van der Waals surface area contributed by atoms with E-state index in [0.29, 0.717) is 12.3 Å². The van der Waals surface area contributed by atoms with Crippen LogP contribution < -0.4 is 10.1 Å². The minimum Gasteiger partial charge on any atom is -0.483 e. The maximum absolute atomic E-state index is 12.0. The second-order valence-electron chi connectivity index (χ2n) is 5.98. The predicted molar refractivity (Wildman–Crippen MR) is 97.7 cm³/mol. The number of hydrogen-bond acceptors (Lipinski definition) is 4. The third kappa shape index (κ3) is 4.32. The number of carbonyl (C=O) groups excluding carboxylic acids is 1. The first-order valence-electron chi connectivity index (χ1n) is 8.29. The Kier molecular flexibility index (Phi) is 5.23. The highest BCUT2D eigenvalue weighted by Crippen LogP contribution is 2.27. The Morgan fingerprint density at radius 2 is 1.96 bits per heavy atom. The average molecular weight is 335 g/mol. The minimum atomic E-state index is -0.135. The van der Waals surface area contributed by atoms with Gasteiger partial charge in [0, 0.05) is 36.1 Å². The van der Waals surface area contributed by atoms with E-state index in [1.807, 2.05) is 50.2 Å². The van der Waals surface area contributed by atoms with Crippen molar-refractivity contribution in [2.75, 3.05) is 13.2 Å². The Morgan fingerprint density at radius 3 is 2.76 bits per heavy atom. The van der Waals surface area contributed by atoms with Crippen LogP contribution in [0.15, 0.2) is 48.8 Å². The second kappa shape index (κ2) is 7.75. The molecule has 128 valence electrons. The van der Waals surface area contributed by atoms with Crippen molar-refractivity contribution in [3.63, 3.8) is 0 Å².